The van der Waals surface area contributed by atoms with Gasteiger partial charge in [0.05, 0.1) is 22.4 Å². The van der Waals surface area contributed by atoms with E-state index >= 15 is 0 Å². The number of para-hydroxylation sites is 3. The molecule has 3 nitrogen and oxygen atoms in total. The average molecular weight is 412 g/mol. The number of nitrogens with zero attached hydrogens (tertiary/aromatic N) is 2. The van der Waals surface area contributed by atoms with Crippen molar-refractivity contribution in [3.63, 3.8) is 0 Å². The van der Waals surface area contributed by atoms with Crippen molar-refractivity contribution in [3.8, 4) is 5.69 Å². The van der Waals surface area contributed by atoms with E-state index in [-0.39, 0.29) is 5.54 Å². The third-order valence-corrected chi connectivity index (χ3v) is 5.99. The first-order valence-electron chi connectivity index (χ1n) is 11.2. The number of fused-ring (bicyclic) bond motifs is 1. The summed E-state index contributed by atoms with van der Waals surface area (Å²) in [6.07, 6.45) is 0. The van der Waals surface area contributed by atoms with Gasteiger partial charge in [-0.3, -0.25) is 0 Å². The van der Waals surface area contributed by atoms with Gasteiger partial charge in [-0.15, -0.1) is 0 Å². The molecule has 0 aliphatic heterocycles. The van der Waals surface area contributed by atoms with Crippen LogP contribution in [-0.2, 0) is 5.54 Å². The van der Waals surface area contributed by atoms with Crippen molar-refractivity contribution in [1.82, 2.24) is 9.78 Å². The van der Waals surface area contributed by atoms with Gasteiger partial charge in [0.1, 0.15) is 0 Å². The summed E-state index contributed by atoms with van der Waals surface area (Å²) >= 11 is 0. The lowest BCUT2D eigenvalue weighted by atomic mass is 9.89. The lowest BCUT2D eigenvalue weighted by molar-refractivity contribution is 0.578. The molecule has 0 spiro atoms. The van der Waals surface area contributed by atoms with E-state index < -0.39 is 0 Å². The number of anilines is 1. The van der Waals surface area contributed by atoms with Crippen LogP contribution in [0.5, 0.6) is 0 Å². The molecule has 4 rings (SSSR count). The molecule has 0 unspecified atom stereocenters. The first-order chi connectivity index (χ1) is 14.8. The van der Waals surface area contributed by atoms with Gasteiger partial charge in [-0.1, -0.05) is 82.3 Å². The Labute approximate surface area is 186 Å². The zero-order valence-electron chi connectivity index (χ0n) is 19.5. The summed E-state index contributed by atoms with van der Waals surface area (Å²) in [7, 11) is 0. The smallest absolute Gasteiger partial charge is 0.0955 e. The van der Waals surface area contributed by atoms with Crippen molar-refractivity contribution in [2.75, 3.05) is 5.32 Å². The van der Waals surface area contributed by atoms with Gasteiger partial charge in [0.25, 0.3) is 0 Å². The fraction of sp³-hybridized carbons (Fsp3) is 0.321. The largest absolute Gasteiger partial charge is 0.374 e. The van der Waals surface area contributed by atoms with Crippen molar-refractivity contribution in [2.45, 2.75) is 58.9 Å². The fourth-order valence-corrected chi connectivity index (χ4v) is 4.36. The van der Waals surface area contributed by atoms with Crippen LogP contribution in [0.4, 0.5) is 5.69 Å². The van der Waals surface area contributed by atoms with Crippen LogP contribution >= 0.6 is 0 Å². The van der Waals surface area contributed by atoms with Gasteiger partial charge in [-0.2, -0.15) is 5.10 Å². The minimum absolute atomic E-state index is 0.353. The average Bonchev–Trinajstić information content (AvgIpc) is 3.14. The molecule has 1 N–H and O–H groups in total. The SMILES string of the molecule is CC(C)c1cccc(C(C)C)c1NC(C)(C)c1nn(-c2ccccc2)c2ccccc12. The quantitative estimate of drug-likeness (QED) is 0.354. The van der Waals surface area contributed by atoms with Crippen LogP contribution in [0.15, 0.2) is 72.8 Å². The summed E-state index contributed by atoms with van der Waals surface area (Å²) in [5, 5.41) is 10.2. The molecule has 160 valence electrons. The Balaban J connectivity index is 1.86. The van der Waals surface area contributed by atoms with Gasteiger partial charge in [-0.05, 0) is 55.0 Å². The summed E-state index contributed by atoms with van der Waals surface area (Å²) < 4.78 is 2.06. The topological polar surface area (TPSA) is 29.9 Å². The Bertz CT molecular complexity index is 1160. The van der Waals surface area contributed by atoms with E-state index in [4.69, 9.17) is 5.10 Å². The second kappa shape index (κ2) is 8.22. The van der Waals surface area contributed by atoms with Crippen molar-refractivity contribution < 1.29 is 0 Å². The van der Waals surface area contributed by atoms with Crippen molar-refractivity contribution in [2.24, 2.45) is 0 Å². The van der Waals surface area contributed by atoms with Crippen molar-refractivity contribution in [3.05, 3.63) is 89.6 Å². The second-order valence-corrected chi connectivity index (χ2v) is 9.48. The highest BCUT2D eigenvalue weighted by atomic mass is 15.3. The molecular formula is C28H33N3. The molecule has 4 aromatic rings. The monoisotopic (exact) mass is 411 g/mol. The van der Waals surface area contributed by atoms with Crippen LogP contribution in [0.2, 0.25) is 0 Å². The van der Waals surface area contributed by atoms with Crippen LogP contribution in [0.25, 0.3) is 16.6 Å². The maximum Gasteiger partial charge on any atom is 0.0955 e. The summed E-state index contributed by atoms with van der Waals surface area (Å²) in [6.45, 7) is 13.5. The Kier molecular flexibility index (Phi) is 5.62. The van der Waals surface area contributed by atoms with E-state index in [0.29, 0.717) is 11.8 Å². The molecular weight excluding hydrogens is 378 g/mol. The second-order valence-electron chi connectivity index (χ2n) is 9.48. The van der Waals surface area contributed by atoms with E-state index in [2.05, 4.69) is 118 Å². The molecule has 3 aromatic carbocycles. The molecule has 0 saturated heterocycles. The van der Waals surface area contributed by atoms with E-state index in [1.54, 1.807) is 0 Å². The molecule has 3 heteroatoms. The van der Waals surface area contributed by atoms with Crippen LogP contribution in [-0.4, -0.2) is 9.78 Å². The molecule has 0 fully saturated rings. The number of aromatic nitrogens is 2. The Morgan fingerprint density at radius 3 is 1.94 bits per heavy atom. The van der Waals surface area contributed by atoms with Crippen LogP contribution < -0.4 is 5.32 Å². The zero-order valence-corrected chi connectivity index (χ0v) is 19.5. The summed E-state index contributed by atoms with van der Waals surface area (Å²) in [4.78, 5) is 0. The minimum atomic E-state index is -0.353. The first-order valence-corrected chi connectivity index (χ1v) is 11.2. The van der Waals surface area contributed by atoms with Crippen LogP contribution in [0.1, 0.15) is 70.2 Å². The van der Waals surface area contributed by atoms with Gasteiger partial charge in [0.2, 0.25) is 0 Å². The minimum Gasteiger partial charge on any atom is -0.374 e. The Hall–Kier alpha value is -3.07. The molecule has 0 saturated carbocycles. The molecule has 1 aromatic heterocycles. The lowest BCUT2D eigenvalue weighted by Crippen LogP contribution is -2.30. The standard InChI is InChI=1S/C28H33N3/c1-19(2)22-16-12-17-23(20(3)4)26(22)29-28(5,6)27-24-15-10-11-18-25(24)31(30-27)21-13-8-7-9-14-21/h7-20,29H,1-6H3. The summed E-state index contributed by atoms with van der Waals surface area (Å²) in [6, 6.07) is 25.5. The molecule has 0 aliphatic rings. The third-order valence-electron chi connectivity index (χ3n) is 5.99. The number of benzene rings is 3. The molecule has 0 amide bonds. The molecule has 1 heterocycles. The molecule has 0 aliphatic carbocycles. The number of hydrogen-bond acceptors (Lipinski definition) is 2. The van der Waals surface area contributed by atoms with Crippen LogP contribution in [0, 0.1) is 0 Å². The van der Waals surface area contributed by atoms with E-state index in [0.717, 1.165) is 16.9 Å². The zero-order chi connectivity index (χ0) is 22.2. The van der Waals surface area contributed by atoms with Crippen molar-refractivity contribution >= 4 is 16.6 Å². The predicted octanol–water partition coefficient (Wildman–Crippen LogP) is 7.62. The number of nitrogens with one attached hydrogen (secondary N) is 1. The van der Waals surface area contributed by atoms with Crippen molar-refractivity contribution in [1.29, 1.82) is 0 Å². The normalized spacial score (nSPS) is 12.1. The molecule has 0 bridgehead atoms. The summed E-state index contributed by atoms with van der Waals surface area (Å²) in [5.41, 5.74) is 6.85. The van der Waals surface area contributed by atoms with Gasteiger partial charge in [0.15, 0.2) is 0 Å². The van der Waals surface area contributed by atoms with E-state index in [1.807, 2.05) is 6.07 Å². The third kappa shape index (κ3) is 3.97. The Morgan fingerprint density at radius 1 is 0.742 bits per heavy atom. The molecule has 0 atom stereocenters. The maximum atomic E-state index is 5.13. The molecule has 31 heavy (non-hydrogen) atoms. The highest BCUT2D eigenvalue weighted by Gasteiger charge is 2.29. The first kappa shape index (κ1) is 21.2. The maximum absolute atomic E-state index is 5.13. The number of rotatable bonds is 6. The van der Waals surface area contributed by atoms with Gasteiger partial charge in [-0.25, -0.2) is 4.68 Å². The highest BCUT2D eigenvalue weighted by molar-refractivity contribution is 5.85. The van der Waals surface area contributed by atoms with E-state index in [1.165, 1.54) is 22.2 Å². The number of hydrogen-bond donors (Lipinski definition) is 1. The highest BCUT2D eigenvalue weighted by Crippen LogP contribution is 2.38. The lowest BCUT2D eigenvalue weighted by Gasteiger charge is -2.31. The summed E-state index contributed by atoms with van der Waals surface area (Å²) in [5.74, 6) is 0.881. The predicted molar refractivity (Wildman–Crippen MR) is 132 cm³/mol. The van der Waals surface area contributed by atoms with E-state index in [9.17, 15) is 0 Å². The van der Waals surface area contributed by atoms with Gasteiger partial charge >= 0.3 is 0 Å². The van der Waals surface area contributed by atoms with Gasteiger partial charge in [0, 0.05) is 11.1 Å². The Morgan fingerprint density at radius 2 is 1.32 bits per heavy atom. The van der Waals surface area contributed by atoms with Gasteiger partial charge < -0.3 is 5.32 Å². The van der Waals surface area contributed by atoms with Crippen LogP contribution in [0.3, 0.4) is 0 Å². The fourth-order valence-electron chi connectivity index (χ4n) is 4.36. The molecule has 0 radical (unpaired) electrons.